The van der Waals surface area contributed by atoms with Crippen molar-refractivity contribution in [3.8, 4) is 17.2 Å². The largest absolute Gasteiger partial charge is 0.490 e. The first-order valence-corrected chi connectivity index (χ1v) is 11.4. The number of hydrogen-bond acceptors (Lipinski definition) is 7. The number of anilines is 1. The van der Waals surface area contributed by atoms with E-state index >= 15 is 0 Å². The van der Waals surface area contributed by atoms with E-state index in [0.29, 0.717) is 56.1 Å². The molecule has 2 aromatic rings. The lowest BCUT2D eigenvalue weighted by molar-refractivity contribution is -0.125. The van der Waals surface area contributed by atoms with Crippen LogP contribution in [0.25, 0.3) is 0 Å². The van der Waals surface area contributed by atoms with Crippen LogP contribution in [0, 0.1) is 12.8 Å². The van der Waals surface area contributed by atoms with Crippen LogP contribution in [0.1, 0.15) is 44.9 Å². The van der Waals surface area contributed by atoms with Gasteiger partial charge in [0, 0.05) is 31.5 Å². The van der Waals surface area contributed by atoms with E-state index in [1.54, 1.807) is 6.20 Å². The van der Waals surface area contributed by atoms with Crippen LogP contribution in [0.4, 0.5) is 5.95 Å². The molecule has 2 heterocycles. The molecular formula is C24H34N4O4. The second kappa shape index (κ2) is 11.5. The van der Waals surface area contributed by atoms with Crippen LogP contribution in [0.3, 0.4) is 0 Å². The van der Waals surface area contributed by atoms with Gasteiger partial charge in [-0.05, 0) is 64.3 Å². The average Bonchev–Trinajstić information content (AvgIpc) is 2.80. The molecule has 0 aliphatic carbocycles. The zero-order chi connectivity index (χ0) is 22.9. The van der Waals surface area contributed by atoms with Crippen molar-refractivity contribution in [2.75, 3.05) is 37.8 Å². The second-order valence-corrected chi connectivity index (χ2v) is 7.72. The van der Waals surface area contributed by atoms with Gasteiger partial charge < -0.3 is 24.4 Å². The lowest BCUT2D eigenvalue weighted by Crippen LogP contribution is -2.43. The Balaban J connectivity index is 1.68. The highest BCUT2D eigenvalue weighted by Crippen LogP contribution is 2.39. The number of carbonyl (C=O) groups is 1. The highest BCUT2D eigenvalue weighted by atomic mass is 16.5. The standard InChI is InChI=1S/C24H34N4O4/c1-5-30-20-13-18(14-21(31-6-2)22(20)32-7-3)15-26-23(29)19-9-8-12-28(16-19)24-25-11-10-17(4)27-24/h10-11,13-14,19H,5-9,12,15-16H2,1-4H3,(H,26,29)/t19-/m0/s1. The lowest BCUT2D eigenvalue weighted by Gasteiger charge is -2.32. The first-order valence-electron chi connectivity index (χ1n) is 11.4. The molecule has 1 atom stereocenters. The van der Waals surface area contributed by atoms with Crippen LogP contribution in [0.15, 0.2) is 24.4 Å². The molecule has 1 saturated heterocycles. The van der Waals surface area contributed by atoms with E-state index in [4.69, 9.17) is 14.2 Å². The van der Waals surface area contributed by atoms with Crippen molar-refractivity contribution in [3.05, 3.63) is 35.7 Å². The molecule has 1 aliphatic rings. The molecule has 0 bridgehead atoms. The third-order valence-electron chi connectivity index (χ3n) is 5.29. The lowest BCUT2D eigenvalue weighted by atomic mass is 9.97. The maximum atomic E-state index is 12.9. The van der Waals surface area contributed by atoms with Gasteiger partial charge in [-0.25, -0.2) is 9.97 Å². The van der Waals surface area contributed by atoms with Crippen molar-refractivity contribution in [2.45, 2.75) is 47.1 Å². The third kappa shape index (κ3) is 6.02. The summed E-state index contributed by atoms with van der Waals surface area (Å²) in [7, 11) is 0. The third-order valence-corrected chi connectivity index (χ3v) is 5.29. The van der Waals surface area contributed by atoms with Crippen molar-refractivity contribution >= 4 is 11.9 Å². The number of aromatic nitrogens is 2. The summed E-state index contributed by atoms with van der Waals surface area (Å²) in [5.41, 5.74) is 1.83. The van der Waals surface area contributed by atoms with Gasteiger partial charge in [0.05, 0.1) is 25.7 Å². The molecule has 0 radical (unpaired) electrons. The number of carbonyl (C=O) groups excluding carboxylic acids is 1. The van der Waals surface area contributed by atoms with Gasteiger partial charge in [0.25, 0.3) is 0 Å². The number of nitrogens with one attached hydrogen (secondary N) is 1. The molecule has 1 amide bonds. The minimum atomic E-state index is -0.103. The van der Waals surface area contributed by atoms with Crippen molar-refractivity contribution < 1.29 is 19.0 Å². The molecule has 8 heteroatoms. The van der Waals surface area contributed by atoms with Gasteiger partial charge in [-0.2, -0.15) is 0 Å². The fourth-order valence-electron chi connectivity index (χ4n) is 3.84. The van der Waals surface area contributed by atoms with E-state index < -0.39 is 0 Å². The number of nitrogens with zero attached hydrogens (tertiary/aromatic N) is 3. The average molecular weight is 443 g/mol. The summed E-state index contributed by atoms with van der Waals surface area (Å²) in [6.45, 7) is 11.1. The molecule has 1 fully saturated rings. The Morgan fingerprint density at radius 1 is 1.12 bits per heavy atom. The van der Waals surface area contributed by atoms with Gasteiger partial charge in [-0.1, -0.05) is 0 Å². The molecule has 174 valence electrons. The number of amides is 1. The van der Waals surface area contributed by atoms with Gasteiger partial charge in [0.2, 0.25) is 17.6 Å². The summed E-state index contributed by atoms with van der Waals surface area (Å²) >= 11 is 0. The highest BCUT2D eigenvalue weighted by Gasteiger charge is 2.27. The van der Waals surface area contributed by atoms with Crippen LogP contribution in [0.5, 0.6) is 17.2 Å². The van der Waals surface area contributed by atoms with E-state index in [-0.39, 0.29) is 11.8 Å². The van der Waals surface area contributed by atoms with Gasteiger partial charge in [0.1, 0.15) is 0 Å². The SMILES string of the molecule is CCOc1cc(CNC(=O)[C@H]2CCCN(c3nccc(C)n3)C2)cc(OCC)c1OCC. The van der Waals surface area contributed by atoms with Crippen molar-refractivity contribution in [2.24, 2.45) is 5.92 Å². The van der Waals surface area contributed by atoms with Crippen LogP contribution in [-0.2, 0) is 11.3 Å². The Hall–Kier alpha value is -3.03. The zero-order valence-corrected chi connectivity index (χ0v) is 19.5. The van der Waals surface area contributed by atoms with Crippen LogP contribution in [-0.4, -0.2) is 48.8 Å². The summed E-state index contributed by atoms with van der Waals surface area (Å²) in [5.74, 6) is 2.49. The minimum Gasteiger partial charge on any atom is -0.490 e. The van der Waals surface area contributed by atoms with E-state index in [2.05, 4.69) is 20.2 Å². The number of hydrogen-bond donors (Lipinski definition) is 1. The summed E-state index contributed by atoms with van der Waals surface area (Å²) in [6, 6.07) is 5.69. The number of benzene rings is 1. The number of rotatable bonds is 10. The predicted molar refractivity (Wildman–Crippen MR) is 124 cm³/mol. The quantitative estimate of drug-likeness (QED) is 0.603. The fourth-order valence-corrected chi connectivity index (χ4v) is 3.84. The fraction of sp³-hybridized carbons (Fsp3) is 0.542. The van der Waals surface area contributed by atoms with Crippen LogP contribution >= 0.6 is 0 Å². The molecule has 1 N–H and O–H groups in total. The molecule has 1 aliphatic heterocycles. The smallest absolute Gasteiger partial charge is 0.225 e. The maximum Gasteiger partial charge on any atom is 0.225 e. The minimum absolute atomic E-state index is 0.0344. The van der Waals surface area contributed by atoms with E-state index in [9.17, 15) is 4.79 Å². The Morgan fingerprint density at radius 2 is 1.81 bits per heavy atom. The Morgan fingerprint density at radius 3 is 2.44 bits per heavy atom. The summed E-state index contributed by atoms with van der Waals surface area (Å²) in [4.78, 5) is 23.9. The number of ether oxygens (including phenoxy) is 3. The molecule has 0 unspecified atom stereocenters. The van der Waals surface area contributed by atoms with Gasteiger partial charge >= 0.3 is 0 Å². The van der Waals surface area contributed by atoms with Crippen molar-refractivity contribution in [1.29, 1.82) is 0 Å². The second-order valence-electron chi connectivity index (χ2n) is 7.72. The number of aryl methyl sites for hydroxylation is 1. The highest BCUT2D eigenvalue weighted by molar-refractivity contribution is 5.79. The predicted octanol–water partition coefficient (Wildman–Crippen LogP) is 3.51. The van der Waals surface area contributed by atoms with Crippen molar-refractivity contribution in [1.82, 2.24) is 15.3 Å². The Bertz CT molecular complexity index is 878. The van der Waals surface area contributed by atoms with Crippen LogP contribution in [0.2, 0.25) is 0 Å². The molecule has 0 spiro atoms. The summed E-state index contributed by atoms with van der Waals surface area (Å²) < 4.78 is 17.3. The van der Waals surface area contributed by atoms with E-state index in [1.807, 2.05) is 45.9 Å². The molecule has 0 saturated carbocycles. The van der Waals surface area contributed by atoms with E-state index in [1.165, 1.54) is 0 Å². The first-order chi connectivity index (χ1) is 15.5. The number of piperidine rings is 1. The van der Waals surface area contributed by atoms with E-state index in [0.717, 1.165) is 30.6 Å². The Kier molecular flexibility index (Phi) is 8.53. The summed E-state index contributed by atoms with van der Waals surface area (Å²) in [6.07, 6.45) is 3.55. The van der Waals surface area contributed by atoms with Gasteiger partial charge in [0.15, 0.2) is 11.5 Å². The molecule has 3 rings (SSSR count). The van der Waals surface area contributed by atoms with Gasteiger partial charge in [-0.15, -0.1) is 0 Å². The van der Waals surface area contributed by atoms with Crippen LogP contribution < -0.4 is 24.4 Å². The maximum absolute atomic E-state index is 12.9. The Labute approximate surface area is 190 Å². The van der Waals surface area contributed by atoms with Gasteiger partial charge in [-0.3, -0.25) is 4.79 Å². The molecule has 1 aromatic carbocycles. The normalized spacial score (nSPS) is 15.9. The molecule has 8 nitrogen and oxygen atoms in total. The monoisotopic (exact) mass is 442 g/mol. The summed E-state index contributed by atoms with van der Waals surface area (Å²) in [5, 5.41) is 3.08. The zero-order valence-electron chi connectivity index (χ0n) is 19.5. The molecular weight excluding hydrogens is 408 g/mol. The topological polar surface area (TPSA) is 85.8 Å². The van der Waals surface area contributed by atoms with Crippen molar-refractivity contribution in [3.63, 3.8) is 0 Å². The molecule has 1 aromatic heterocycles. The molecule has 32 heavy (non-hydrogen) atoms. The first kappa shape index (κ1) is 23.6.